The van der Waals surface area contributed by atoms with E-state index < -0.39 is 0 Å². The summed E-state index contributed by atoms with van der Waals surface area (Å²) in [6, 6.07) is 0.350. The van der Waals surface area contributed by atoms with Gasteiger partial charge < -0.3 is 0 Å². The standard InChI is InChI=1S/C13H16N2OS/c1-3-4-5-6-12(16)15(11-7-8-11)13-14-10(2)9-17-13/h3-6,9,11H,7-8H2,1-2H3/b4-3+,6-5+. The van der Waals surface area contributed by atoms with E-state index in [2.05, 4.69) is 4.98 Å². The first-order chi connectivity index (χ1) is 8.22. The summed E-state index contributed by atoms with van der Waals surface area (Å²) in [6.45, 7) is 3.88. The molecule has 17 heavy (non-hydrogen) atoms. The Kier molecular flexibility index (Phi) is 3.74. The zero-order valence-electron chi connectivity index (χ0n) is 10.1. The molecule has 90 valence electrons. The molecule has 0 unspecified atom stereocenters. The van der Waals surface area contributed by atoms with E-state index in [1.165, 1.54) is 11.3 Å². The first-order valence-electron chi connectivity index (χ1n) is 5.77. The quantitative estimate of drug-likeness (QED) is 0.606. The minimum atomic E-state index is 0.0277. The summed E-state index contributed by atoms with van der Waals surface area (Å²) in [6.07, 6.45) is 9.31. The summed E-state index contributed by atoms with van der Waals surface area (Å²) in [4.78, 5) is 18.3. The topological polar surface area (TPSA) is 33.2 Å². The van der Waals surface area contributed by atoms with Gasteiger partial charge in [-0.3, -0.25) is 9.69 Å². The summed E-state index contributed by atoms with van der Waals surface area (Å²) in [7, 11) is 0. The number of amides is 1. The molecular weight excluding hydrogens is 232 g/mol. The van der Waals surface area contributed by atoms with E-state index >= 15 is 0 Å². The van der Waals surface area contributed by atoms with E-state index in [-0.39, 0.29) is 5.91 Å². The normalized spacial score (nSPS) is 15.9. The van der Waals surface area contributed by atoms with E-state index in [9.17, 15) is 4.79 Å². The molecule has 0 N–H and O–H groups in total. The van der Waals surface area contributed by atoms with Gasteiger partial charge in [0.25, 0.3) is 5.91 Å². The van der Waals surface area contributed by atoms with Crippen molar-refractivity contribution >= 4 is 22.4 Å². The van der Waals surface area contributed by atoms with Gasteiger partial charge in [-0.15, -0.1) is 11.3 Å². The van der Waals surface area contributed by atoms with Crippen molar-refractivity contribution < 1.29 is 4.79 Å². The number of aromatic nitrogens is 1. The molecule has 1 amide bonds. The van der Waals surface area contributed by atoms with Crippen LogP contribution in [0.25, 0.3) is 0 Å². The molecule has 0 bridgehead atoms. The van der Waals surface area contributed by atoms with Crippen molar-refractivity contribution in [3.05, 3.63) is 35.4 Å². The summed E-state index contributed by atoms with van der Waals surface area (Å²) >= 11 is 1.54. The lowest BCUT2D eigenvalue weighted by atomic mass is 10.4. The summed E-state index contributed by atoms with van der Waals surface area (Å²) < 4.78 is 0. The van der Waals surface area contributed by atoms with Gasteiger partial charge in [-0.05, 0) is 26.7 Å². The summed E-state index contributed by atoms with van der Waals surface area (Å²) in [5.74, 6) is 0.0277. The fraction of sp³-hybridized carbons (Fsp3) is 0.385. The van der Waals surface area contributed by atoms with Gasteiger partial charge in [-0.25, -0.2) is 4.98 Å². The minimum Gasteiger partial charge on any atom is -0.281 e. The third-order valence-corrected chi connectivity index (χ3v) is 3.46. The molecule has 1 aromatic rings. The van der Waals surface area contributed by atoms with Crippen LogP contribution >= 0.6 is 11.3 Å². The number of rotatable bonds is 4. The van der Waals surface area contributed by atoms with Crippen molar-refractivity contribution in [1.82, 2.24) is 4.98 Å². The number of hydrogen-bond acceptors (Lipinski definition) is 3. The van der Waals surface area contributed by atoms with Crippen LogP contribution in [0.3, 0.4) is 0 Å². The highest BCUT2D eigenvalue weighted by Crippen LogP contribution is 2.33. The molecule has 1 heterocycles. The number of nitrogens with zero attached hydrogens (tertiary/aromatic N) is 2. The van der Waals surface area contributed by atoms with Gasteiger partial charge in [-0.2, -0.15) is 0 Å². The SMILES string of the molecule is C/C=C/C=C/C(=O)N(c1nc(C)cs1)C1CC1. The highest BCUT2D eigenvalue weighted by atomic mass is 32.1. The molecule has 0 aromatic carbocycles. The van der Waals surface area contributed by atoms with Crippen molar-refractivity contribution in [2.45, 2.75) is 32.7 Å². The molecule has 1 aromatic heterocycles. The molecule has 0 atom stereocenters. The molecule has 0 saturated heterocycles. The van der Waals surface area contributed by atoms with E-state index in [4.69, 9.17) is 0 Å². The van der Waals surface area contributed by atoms with Crippen molar-refractivity contribution in [2.24, 2.45) is 0 Å². The predicted octanol–water partition coefficient (Wildman–Crippen LogP) is 3.08. The van der Waals surface area contributed by atoms with E-state index in [1.807, 2.05) is 36.3 Å². The number of carbonyl (C=O) groups is 1. The fourth-order valence-corrected chi connectivity index (χ4v) is 2.42. The Hall–Kier alpha value is -1.42. The van der Waals surface area contributed by atoms with Crippen LogP contribution in [-0.2, 0) is 4.79 Å². The Morgan fingerprint density at radius 2 is 2.29 bits per heavy atom. The Labute approximate surface area is 105 Å². The molecule has 1 saturated carbocycles. The van der Waals surface area contributed by atoms with Crippen LogP contribution in [0, 0.1) is 6.92 Å². The third kappa shape index (κ3) is 3.03. The van der Waals surface area contributed by atoms with Gasteiger partial charge in [0, 0.05) is 17.5 Å². The monoisotopic (exact) mass is 248 g/mol. The number of anilines is 1. The lowest BCUT2D eigenvalue weighted by Crippen LogP contribution is -2.31. The Morgan fingerprint density at radius 1 is 1.53 bits per heavy atom. The van der Waals surface area contributed by atoms with E-state index in [1.54, 1.807) is 12.2 Å². The van der Waals surface area contributed by atoms with Crippen molar-refractivity contribution in [1.29, 1.82) is 0 Å². The van der Waals surface area contributed by atoms with Gasteiger partial charge in [-0.1, -0.05) is 18.2 Å². The van der Waals surface area contributed by atoms with Gasteiger partial charge >= 0.3 is 0 Å². The van der Waals surface area contributed by atoms with Crippen molar-refractivity contribution in [3.63, 3.8) is 0 Å². The molecule has 0 aliphatic heterocycles. The van der Waals surface area contributed by atoms with E-state index in [0.717, 1.165) is 23.7 Å². The first kappa shape index (κ1) is 12.0. The van der Waals surface area contributed by atoms with Gasteiger partial charge in [0.05, 0.1) is 5.69 Å². The molecule has 0 radical (unpaired) electrons. The number of allylic oxidation sites excluding steroid dienone is 3. The Morgan fingerprint density at radius 3 is 2.82 bits per heavy atom. The summed E-state index contributed by atoms with van der Waals surface area (Å²) in [5, 5.41) is 2.80. The molecule has 1 aliphatic rings. The van der Waals surface area contributed by atoms with Crippen LogP contribution in [0.15, 0.2) is 29.7 Å². The number of hydrogen-bond donors (Lipinski definition) is 0. The number of carbonyl (C=O) groups excluding carboxylic acids is 1. The van der Waals surface area contributed by atoms with Crippen LogP contribution in [0.4, 0.5) is 5.13 Å². The average molecular weight is 248 g/mol. The average Bonchev–Trinajstić information content (AvgIpc) is 3.03. The minimum absolute atomic E-state index is 0.0277. The maximum atomic E-state index is 12.1. The largest absolute Gasteiger partial charge is 0.281 e. The van der Waals surface area contributed by atoms with Gasteiger partial charge in [0.2, 0.25) is 0 Å². The second-order valence-corrected chi connectivity index (χ2v) is 4.93. The van der Waals surface area contributed by atoms with Crippen molar-refractivity contribution in [3.8, 4) is 0 Å². The molecule has 3 nitrogen and oxygen atoms in total. The Balaban J connectivity index is 2.15. The zero-order chi connectivity index (χ0) is 12.3. The molecule has 1 aliphatic carbocycles. The predicted molar refractivity (Wildman–Crippen MR) is 71.3 cm³/mol. The van der Waals surface area contributed by atoms with Crippen LogP contribution in [0.2, 0.25) is 0 Å². The van der Waals surface area contributed by atoms with Gasteiger partial charge in [0.15, 0.2) is 5.13 Å². The zero-order valence-corrected chi connectivity index (χ0v) is 10.9. The smallest absolute Gasteiger partial charge is 0.253 e. The Bertz CT molecular complexity index is 458. The van der Waals surface area contributed by atoms with Crippen LogP contribution in [0.5, 0.6) is 0 Å². The molecule has 0 spiro atoms. The number of aryl methyl sites for hydroxylation is 1. The second-order valence-electron chi connectivity index (χ2n) is 4.10. The molecule has 1 fully saturated rings. The molecule has 4 heteroatoms. The van der Waals surface area contributed by atoms with E-state index in [0.29, 0.717) is 6.04 Å². The first-order valence-corrected chi connectivity index (χ1v) is 6.65. The summed E-state index contributed by atoms with van der Waals surface area (Å²) in [5.41, 5.74) is 0.973. The lowest BCUT2D eigenvalue weighted by Gasteiger charge is -2.16. The highest BCUT2D eigenvalue weighted by Gasteiger charge is 2.34. The molecule has 2 rings (SSSR count). The van der Waals surface area contributed by atoms with Crippen LogP contribution in [0.1, 0.15) is 25.5 Å². The maximum Gasteiger partial charge on any atom is 0.253 e. The fourth-order valence-electron chi connectivity index (χ4n) is 1.54. The molecular formula is C13H16N2OS. The van der Waals surface area contributed by atoms with Crippen molar-refractivity contribution in [2.75, 3.05) is 4.90 Å². The van der Waals surface area contributed by atoms with Crippen LogP contribution in [-0.4, -0.2) is 16.9 Å². The van der Waals surface area contributed by atoms with Crippen LogP contribution < -0.4 is 4.90 Å². The maximum absolute atomic E-state index is 12.1. The highest BCUT2D eigenvalue weighted by molar-refractivity contribution is 7.14. The number of thiazole rings is 1. The van der Waals surface area contributed by atoms with Gasteiger partial charge in [0.1, 0.15) is 0 Å². The third-order valence-electron chi connectivity index (χ3n) is 2.50. The second kappa shape index (κ2) is 5.27. The lowest BCUT2D eigenvalue weighted by molar-refractivity contribution is -0.114.